The van der Waals surface area contributed by atoms with Crippen molar-refractivity contribution < 1.29 is 18.4 Å². The van der Waals surface area contributed by atoms with Crippen LogP contribution in [0.2, 0.25) is 0 Å². The van der Waals surface area contributed by atoms with Gasteiger partial charge in [0, 0.05) is 12.0 Å². The van der Waals surface area contributed by atoms with Crippen LogP contribution in [0.1, 0.15) is 32.2 Å². The number of hydrogen-bond acceptors (Lipinski definition) is 5. The van der Waals surface area contributed by atoms with Crippen LogP contribution in [-0.4, -0.2) is 17.3 Å². The molecule has 0 saturated heterocycles. The van der Waals surface area contributed by atoms with Crippen LogP contribution >= 0.6 is 0 Å². The van der Waals surface area contributed by atoms with E-state index in [0.29, 0.717) is 29.6 Å². The summed E-state index contributed by atoms with van der Waals surface area (Å²) in [5.74, 6) is 1.92. The third kappa shape index (κ3) is 5.06. The molecule has 3 aromatic rings. The predicted molar refractivity (Wildman–Crippen MR) is 100 cm³/mol. The second kappa shape index (κ2) is 7.78. The maximum atomic E-state index is 13.3. The van der Waals surface area contributed by atoms with Gasteiger partial charge in [-0.1, -0.05) is 38.1 Å². The summed E-state index contributed by atoms with van der Waals surface area (Å²) in [4.78, 5) is 4.46. The van der Waals surface area contributed by atoms with Crippen molar-refractivity contribution in [2.75, 3.05) is 7.11 Å². The van der Waals surface area contributed by atoms with E-state index in [1.807, 2.05) is 6.07 Å². The molecule has 0 unspecified atom stereocenters. The van der Waals surface area contributed by atoms with Crippen molar-refractivity contribution in [2.45, 2.75) is 33.8 Å². The quantitative estimate of drug-likeness (QED) is 0.607. The number of rotatable bonds is 6. The first-order valence-corrected chi connectivity index (χ1v) is 8.72. The highest BCUT2D eigenvalue weighted by Crippen LogP contribution is 2.32. The molecule has 0 aliphatic rings. The Morgan fingerprint density at radius 1 is 1.07 bits per heavy atom. The zero-order valence-electron chi connectivity index (χ0n) is 16.0. The van der Waals surface area contributed by atoms with Crippen molar-refractivity contribution in [2.24, 2.45) is 5.41 Å². The Morgan fingerprint density at radius 2 is 1.89 bits per heavy atom. The van der Waals surface area contributed by atoms with Gasteiger partial charge in [-0.15, -0.1) is 0 Å². The molecule has 0 bridgehead atoms. The van der Waals surface area contributed by atoms with Crippen molar-refractivity contribution in [3.8, 4) is 22.9 Å². The highest BCUT2D eigenvalue weighted by Gasteiger charge is 2.18. The Kier molecular flexibility index (Phi) is 5.44. The van der Waals surface area contributed by atoms with E-state index < -0.39 is 0 Å². The molecule has 3 rings (SSSR count). The van der Waals surface area contributed by atoms with E-state index in [2.05, 4.69) is 30.9 Å². The molecular weight excluding hydrogens is 347 g/mol. The van der Waals surface area contributed by atoms with Gasteiger partial charge < -0.3 is 14.0 Å². The molecule has 0 fully saturated rings. The van der Waals surface area contributed by atoms with Gasteiger partial charge in [-0.05, 0) is 41.3 Å². The topological polar surface area (TPSA) is 57.4 Å². The van der Waals surface area contributed by atoms with Crippen LogP contribution in [0.4, 0.5) is 4.39 Å². The standard InChI is InChI=1S/C21H23FN2O3/c1-21(2,3)12-19-23-20(24-27-19)15-8-9-17(18(11-15)25-4)26-13-14-6-5-7-16(22)10-14/h5-11H,12-13H2,1-4H3. The SMILES string of the molecule is COc1cc(-c2noc(CC(C)(C)C)n2)ccc1OCc1cccc(F)c1. The van der Waals surface area contributed by atoms with Gasteiger partial charge in [0.25, 0.3) is 0 Å². The van der Waals surface area contributed by atoms with Crippen molar-refractivity contribution in [1.29, 1.82) is 0 Å². The third-order valence-corrected chi connectivity index (χ3v) is 3.85. The maximum absolute atomic E-state index is 13.3. The molecule has 1 aromatic heterocycles. The Balaban J connectivity index is 1.76. The van der Waals surface area contributed by atoms with E-state index in [0.717, 1.165) is 11.1 Å². The number of halogens is 1. The van der Waals surface area contributed by atoms with Crippen LogP contribution in [0.25, 0.3) is 11.4 Å². The molecule has 0 radical (unpaired) electrons. The molecule has 27 heavy (non-hydrogen) atoms. The fourth-order valence-electron chi connectivity index (χ4n) is 2.61. The first-order valence-electron chi connectivity index (χ1n) is 8.72. The van der Waals surface area contributed by atoms with E-state index in [-0.39, 0.29) is 17.8 Å². The Bertz CT molecular complexity index is 916. The predicted octanol–water partition coefficient (Wildman–Crippen LogP) is 5.05. The minimum Gasteiger partial charge on any atom is -0.493 e. The summed E-state index contributed by atoms with van der Waals surface area (Å²) in [5, 5.41) is 4.05. The molecule has 0 aliphatic heterocycles. The molecule has 0 N–H and O–H groups in total. The van der Waals surface area contributed by atoms with Crippen molar-refractivity contribution in [3.63, 3.8) is 0 Å². The smallest absolute Gasteiger partial charge is 0.227 e. The number of nitrogens with zero attached hydrogens (tertiary/aromatic N) is 2. The van der Waals surface area contributed by atoms with Crippen LogP contribution in [0.3, 0.4) is 0 Å². The lowest BCUT2D eigenvalue weighted by atomic mass is 9.92. The summed E-state index contributed by atoms with van der Waals surface area (Å²) in [6.45, 7) is 6.59. The van der Waals surface area contributed by atoms with Gasteiger partial charge in [-0.25, -0.2) is 4.39 Å². The Hall–Kier alpha value is -2.89. The van der Waals surface area contributed by atoms with E-state index in [1.165, 1.54) is 12.1 Å². The average Bonchev–Trinajstić information content (AvgIpc) is 3.06. The van der Waals surface area contributed by atoms with Gasteiger partial charge in [-0.3, -0.25) is 0 Å². The third-order valence-electron chi connectivity index (χ3n) is 3.85. The molecule has 0 amide bonds. The fourth-order valence-corrected chi connectivity index (χ4v) is 2.61. The monoisotopic (exact) mass is 370 g/mol. The molecule has 6 heteroatoms. The van der Waals surface area contributed by atoms with Crippen molar-refractivity contribution >= 4 is 0 Å². The number of hydrogen-bond donors (Lipinski definition) is 0. The van der Waals surface area contributed by atoms with Gasteiger partial charge in [0.1, 0.15) is 12.4 Å². The summed E-state index contributed by atoms with van der Waals surface area (Å²) < 4.78 is 29.8. The molecular formula is C21H23FN2O3. The lowest BCUT2D eigenvalue weighted by molar-refractivity contribution is 0.284. The van der Waals surface area contributed by atoms with Gasteiger partial charge in [0.2, 0.25) is 11.7 Å². The molecule has 5 nitrogen and oxygen atoms in total. The highest BCUT2D eigenvalue weighted by molar-refractivity contribution is 5.60. The van der Waals surface area contributed by atoms with Gasteiger partial charge >= 0.3 is 0 Å². The van der Waals surface area contributed by atoms with E-state index in [4.69, 9.17) is 14.0 Å². The summed E-state index contributed by atoms with van der Waals surface area (Å²) >= 11 is 0. The minimum absolute atomic E-state index is 0.0656. The van der Waals surface area contributed by atoms with Crippen LogP contribution in [0, 0.1) is 11.2 Å². The fraction of sp³-hybridized carbons (Fsp3) is 0.333. The molecule has 0 atom stereocenters. The molecule has 142 valence electrons. The minimum atomic E-state index is -0.290. The van der Waals surface area contributed by atoms with Crippen molar-refractivity contribution in [3.05, 3.63) is 59.7 Å². The summed E-state index contributed by atoms with van der Waals surface area (Å²) in [6.07, 6.45) is 0.700. The number of methoxy groups -OCH3 is 1. The number of aromatic nitrogens is 2. The zero-order chi connectivity index (χ0) is 19.4. The number of benzene rings is 2. The second-order valence-corrected chi connectivity index (χ2v) is 7.53. The normalized spacial score (nSPS) is 11.4. The maximum Gasteiger partial charge on any atom is 0.227 e. The van der Waals surface area contributed by atoms with Crippen LogP contribution < -0.4 is 9.47 Å². The average molecular weight is 370 g/mol. The molecule has 0 saturated carbocycles. The van der Waals surface area contributed by atoms with Gasteiger partial charge in [0.05, 0.1) is 7.11 Å². The highest BCUT2D eigenvalue weighted by atomic mass is 19.1. The Labute approximate surface area is 158 Å². The van der Waals surface area contributed by atoms with Crippen molar-refractivity contribution in [1.82, 2.24) is 10.1 Å². The molecule has 1 heterocycles. The molecule has 0 spiro atoms. The summed E-state index contributed by atoms with van der Waals surface area (Å²) in [7, 11) is 1.56. The molecule has 2 aromatic carbocycles. The molecule has 0 aliphatic carbocycles. The van der Waals surface area contributed by atoms with Crippen LogP contribution in [0.15, 0.2) is 47.0 Å². The lowest BCUT2D eigenvalue weighted by Crippen LogP contribution is -2.09. The van der Waals surface area contributed by atoms with Gasteiger partial charge in [0.15, 0.2) is 11.5 Å². The Morgan fingerprint density at radius 3 is 2.59 bits per heavy atom. The second-order valence-electron chi connectivity index (χ2n) is 7.53. The van der Waals surface area contributed by atoms with Crippen LogP contribution in [-0.2, 0) is 13.0 Å². The van der Waals surface area contributed by atoms with E-state index >= 15 is 0 Å². The first-order chi connectivity index (χ1) is 12.8. The zero-order valence-corrected chi connectivity index (χ0v) is 16.0. The summed E-state index contributed by atoms with van der Waals surface area (Å²) in [6, 6.07) is 11.7. The largest absolute Gasteiger partial charge is 0.493 e. The first kappa shape index (κ1) is 18.9. The van der Waals surface area contributed by atoms with Gasteiger partial charge in [-0.2, -0.15) is 4.98 Å². The number of ether oxygens (including phenoxy) is 2. The summed E-state index contributed by atoms with van der Waals surface area (Å²) in [5.41, 5.74) is 1.58. The van der Waals surface area contributed by atoms with E-state index in [1.54, 1.807) is 31.4 Å². The lowest BCUT2D eigenvalue weighted by Gasteiger charge is -2.13. The van der Waals surface area contributed by atoms with Crippen LogP contribution in [0.5, 0.6) is 11.5 Å². The van der Waals surface area contributed by atoms with E-state index in [9.17, 15) is 4.39 Å².